The summed E-state index contributed by atoms with van der Waals surface area (Å²) in [7, 11) is 0. The van der Waals surface area contributed by atoms with E-state index in [2.05, 4.69) is 11.4 Å². The number of carboxylic acids is 1. The molecule has 1 fully saturated rings. The fourth-order valence-electron chi connectivity index (χ4n) is 9.24. The molecule has 0 unspecified atom stereocenters. The average Bonchev–Trinajstić information content (AvgIpc) is 3.30. The summed E-state index contributed by atoms with van der Waals surface area (Å²) in [5, 5.41) is 122. The number of carbonyl (C=O) groups is 4. The number of aliphatic hydroxyl groups excluding tert-OH is 9. The molecule has 2 heterocycles. The van der Waals surface area contributed by atoms with Crippen LogP contribution < -0.4 is 11.1 Å². The van der Waals surface area contributed by atoms with Crippen LogP contribution in [0.1, 0.15) is 138 Å². The van der Waals surface area contributed by atoms with Gasteiger partial charge in [-0.3, -0.25) is 9.59 Å². The van der Waals surface area contributed by atoms with E-state index < -0.39 is 134 Å². The van der Waals surface area contributed by atoms with Crippen LogP contribution >= 0.6 is 0 Å². The highest BCUT2D eigenvalue weighted by molar-refractivity contribution is 5.90. The van der Waals surface area contributed by atoms with Crippen LogP contribution in [-0.2, 0) is 28.6 Å². The molecule has 0 aromatic heterocycles. The van der Waals surface area contributed by atoms with Gasteiger partial charge in [0, 0.05) is 68.9 Å². The molecule has 0 saturated carbocycles. The minimum absolute atomic E-state index is 0.0805. The van der Waals surface area contributed by atoms with Crippen molar-refractivity contribution in [1.29, 1.82) is 0 Å². The van der Waals surface area contributed by atoms with Crippen molar-refractivity contribution in [2.75, 3.05) is 6.54 Å². The maximum atomic E-state index is 13.2. The molecule has 2 bridgehead atoms. The quantitative estimate of drug-likeness (QED) is 0.0578. The van der Waals surface area contributed by atoms with Crippen molar-refractivity contribution in [2.45, 2.75) is 217 Å². The maximum Gasteiger partial charge on any atom is 0.331 e. The lowest BCUT2D eigenvalue weighted by Crippen LogP contribution is -2.60. The van der Waals surface area contributed by atoms with E-state index in [0.717, 1.165) is 32.1 Å². The lowest BCUT2D eigenvalue weighted by atomic mass is 9.84. The Kier molecular flexibility index (Phi) is 30.2. The fraction of sp³-hybridized carbons (Fsp3) is 0.741. The molecule has 0 spiro atoms. The van der Waals surface area contributed by atoms with Crippen LogP contribution in [-0.4, -0.2) is 166 Å². The van der Waals surface area contributed by atoms with Gasteiger partial charge in [-0.2, -0.15) is 0 Å². The van der Waals surface area contributed by atoms with Crippen LogP contribution in [0.5, 0.6) is 0 Å². The number of unbranched alkanes of at least 4 members (excludes halogenated alkanes) is 2. The summed E-state index contributed by atoms with van der Waals surface area (Å²) in [6.07, 6.45) is 1.45. The number of esters is 2. The minimum atomic E-state index is -2.53. The Labute approximate surface area is 436 Å². The van der Waals surface area contributed by atoms with Crippen molar-refractivity contribution in [2.24, 2.45) is 35.3 Å². The van der Waals surface area contributed by atoms with Gasteiger partial charge in [-0.1, -0.05) is 83.2 Å². The van der Waals surface area contributed by atoms with Crippen molar-refractivity contribution in [3.8, 4) is 0 Å². The van der Waals surface area contributed by atoms with E-state index in [-0.39, 0.29) is 63.2 Å². The number of nitrogens with two attached hydrogens (primary N) is 1. The lowest BCUT2D eigenvalue weighted by Gasteiger charge is -2.45. The normalized spacial score (nSPS) is 37.9. The van der Waals surface area contributed by atoms with Gasteiger partial charge in [-0.25, -0.2) is 9.59 Å². The largest absolute Gasteiger partial charge is 0.481 e. The third-order valence-electron chi connectivity index (χ3n) is 14.2. The third-order valence-corrected chi connectivity index (χ3v) is 14.2. The van der Waals surface area contributed by atoms with Crippen LogP contribution in [0.25, 0.3) is 0 Å². The van der Waals surface area contributed by atoms with E-state index in [1.165, 1.54) is 12.2 Å². The Morgan fingerprint density at radius 2 is 1.45 bits per heavy atom. The van der Waals surface area contributed by atoms with Gasteiger partial charge in [0.05, 0.1) is 54.9 Å². The maximum absolute atomic E-state index is 13.2. The van der Waals surface area contributed by atoms with E-state index in [4.69, 9.17) is 19.9 Å². The first kappa shape index (κ1) is 66.1. The highest BCUT2D eigenvalue weighted by Crippen LogP contribution is 2.36. The standard InChI is InChI=1S/C54H90N2O18/c1-32-16-12-13-20-49(67)73-51(35(4)17-11-9-7-8-10-14-23-56-53(55)70)36(5)19-15-18-33(2)43(60)26-39(58)24-38(57)25-40(72-50(68)30-48(65)66)27-41-28-46(63)52(69)54(71,74-41)31-47(64)34(3)21-22-42(59)37(6)45(62)29-44(32)61/h7-8,12-13,15-16,18-20,32,34-47,51-52,57-64,69,71H,9-11,14,17,21-31H2,1-6H3,(H,65,66)(H3,55,56,70)/b8-7+,16-12+,19-15+,20-13+,33-18+/t32-,34+,35-,36-,37+,38+,39+,40+,41+,42+,43+,44-,45+,46-,47-,51+,52-,54-/m1/s1. The molecular formula is C54H90N2O18. The first-order valence-electron chi connectivity index (χ1n) is 26.2. The van der Waals surface area contributed by atoms with Crippen LogP contribution in [0.2, 0.25) is 0 Å². The Hall–Kier alpha value is -4.06. The zero-order valence-corrected chi connectivity index (χ0v) is 44.2. The zero-order valence-electron chi connectivity index (χ0n) is 44.2. The third kappa shape index (κ3) is 25.2. The van der Waals surface area contributed by atoms with Crippen molar-refractivity contribution in [3.63, 3.8) is 0 Å². The van der Waals surface area contributed by atoms with Gasteiger partial charge in [-0.15, -0.1) is 0 Å². The molecule has 0 radical (unpaired) electrons. The van der Waals surface area contributed by atoms with Crippen molar-refractivity contribution < 1.29 is 89.6 Å². The fourth-order valence-corrected chi connectivity index (χ4v) is 9.24. The predicted octanol–water partition coefficient (Wildman–Crippen LogP) is 3.12. The van der Waals surface area contributed by atoms with Crippen LogP contribution in [0.3, 0.4) is 0 Å². The van der Waals surface area contributed by atoms with Gasteiger partial charge >= 0.3 is 23.9 Å². The number of carbonyl (C=O) groups excluding carboxylic acids is 3. The summed E-state index contributed by atoms with van der Waals surface area (Å²) in [4.78, 5) is 48.0. The summed E-state index contributed by atoms with van der Waals surface area (Å²) in [6, 6.07) is -0.563. The molecule has 20 heteroatoms. The summed E-state index contributed by atoms with van der Waals surface area (Å²) in [5.41, 5.74) is 5.58. The van der Waals surface area contributed by atoms with E-state index in [1.807, 2.05) is 26.0 Å². The Morgan fingerprint density at radius 3 is 2.11 bits per heavy atom. The topological polar surface area (TPSA) is 357 Å². The first-order valence-corrected chi connectivity index (χ1v) is 26.2. The molecule has 2 rings (SSSR count). The van der Waals surface area contributed by atoms with Gasteiger partial charge < -0.3 is 81.4 Å². The van der Waals surface area contributed by atoms with Crippen LogP contribution in [0, 0.1) is 29.6 Å². The van der Waals surface area contributed by atoms with Gasteiger partial charge in [-0.05, 0) is 75.7 Å². The number of primary amides is 1. The van der Waals surface area contributed by atoms with Gasteiger partial charge in [0.15, 0.2) is 5.79 Å². The second kappa shape index (κ2) is 33.9. The van der Waals surface area contributed by atoms with Crippen molar-refractivity contribution in [3.05, 3.63) is 60.3 Å². The second-order valence-electron chi connectivity index (χ2n) is 20.9. The number of hydrogen-bond acceptors (Lipinski definition) is 17. The second-order valence-corrected chi connectivity index (χ2v) is 20.9. The molecule has 0 aromatic carbocycles. The summed E-state index contributed by atoms with van der Waals surface area (Å²) >= 11 is 0. The number of carboxylic acid groups (broad SMARTS) is 1. The molecule has 2 aliphatic heterocycles. The predicted molar refractivity (Wildman–Crippen MR) is 274 cm³/mol. The number of aliphatic hydroxyl groups is 10. The summed E-state index contributed by atoms with van der Waals surface area (Å²) in [5.74, 6) is -7.93. The van der Waals surface area contributed by atoms with E-state index >= 15 is 0 Å². The SMILES string of the molecule is C/C1=C\C=C\[C@@H](C)[C@H]([C@H](C)CCC/C=C/CCCNC(N)=O)OC(=O)/C=C/C=C/[C@@H](C)[C@H](O)C[C@H](O)[C@@H](C)[C@@H](O)CC[C@H](C)[C@H](O)C[C@@]2(O)O[C@@H](C[C@@H](OC(=O)CC(=O)O)C[C@@H](O)C[C@H](O)C[C@@H]1O)C[C@@H](O)[C@H]2O. The minimum Gasteiger partial charge on any atom is -0.481 e. The number of urea groups is 1. The molecule has 1 saturated heterocycles. The molecule has 2 aliphatic rings. The van der Waals surface area contributed by atoms with Gasteiger partial charge in [0.2, 0.25) is 0 Å². The number of ether oxygens (including phenoxy) is 3. The molecule has 14 N–H and O–H groups in total. The highest BCUT2D eigenvalue weighted by atomic mass is 16.7. The highest BCUT2D eigenvalue weighted by Gasteiger charge is 2.50. The van der Waals surface area contributed by atoms with Crippen molar-refractivity contribution >= 4 is 23.9 Å². The number of amides is 2. The van der Waals surface area contributed by atoms with E-state index in [1.54, 1.807) is 52.0 Å². The van der Waals surface area contributed by atoms with Crippen LogP contribution in [0.4, 0.5) is 4.79 Å². The molecule has 18 atom stereocenters. The lowest BCUT2D eigenvalue weighted by molar-refractivity contribution is -0.333. The average molecular weight is 1060 g/mol. The number of rotatable bonds is 12. The van der Waals surface area contributed by atoms with Gasteiger partial charge in [0.1, 0.15) is 24.7 Å². The molecular weight excluding hydrogens is 965 g/mol. The molecule has 424 valence electrons. The molecule has 20 nitrogen and oxygen atoms in total. The molecule has 0 aliphatic carbocycles. The Bertz CT molecular complexity index is 1840. The number of aliphatic carboxylic acids is 1. The van der Waals surface area contributed by atoms with E-state index in [9.17, 15) is 75.3 Å². The molecule has 2 amide bonds. The summed E-state index contributed by atoms with van der Waals surface area (Å²) in [6.45, 7) is 11.0. The smallest absolute Gasteiger partial charge is 0.331 e. The number of nitrogens with one attached hydrogen (secondary N) is 1. The van der Waals surface area contributed by atoms with Crippen molar-refractivity contribution in [1.82, 2.24) is 5.32 Å². The zero-order chi connectivity index (χ0) is 55.7. The number of fused-ring (bicyclic) bond motifs is 2. The number of hydrogen-bond donors (Lipinski definition) is 13. The number of allylic oxidation sites excluding steroid dienone is 6. The molecule has 0 aromatic rings. The van der Waals surface area contributed by atoms with E-state index in [0.29, 0.717) is 12.1 Å². The number of cyclic esters (lactones) is 1. The first-order chi connectivity index (χ1) is 34.7. The van der Waals surface area contributed by atoms with Crippen LogP contribution in [0.15, 0.2) is 60.3 Å². The van der Waals surface area contributed by atoms with Gasteiger partial charge in [0.25, 0.3) is 0 Å². The Morgan fingerprint density at radius 1 is 0.797 bits per heavy atom. The molecule has 74 heavy (non-hydrogen) atoms. The Balaban J connectivity index is 2.41. The monoisotopic (exact) mass is 1050 g/mol. The summed E-state index contributed by atoms with van der Waals surface area (Å²) < 4.78 is 17.3.